The van der Waals surface area contributed by atoms with Gasteiger partial charge in [-0.3, -0.25) is 4.79 Å². The minimum absolute atomic E-state index is 0.0765. The quantitative estimate of drug-likeness (QED) is 0.725. The molecule has 1 saturated carbocycles. The molecule has 0 aliphatic heterocycles. The molecule has 0 bridgehead atoms. The van der Waals surface area contributed by atoms with E-state index in [1.807, 2.05) is 10.8 Å². The van der Waals surface area contributed by atoms with E-state index in [4.69, 9.17) is 0 Å². The Hall–Kier alpha value is -1.36. The predicted octanol–water partition coefficient (Wildman–Crippen LogP) is 0.519. The molecule has 0 unspecified atom stereocenters. The summed E-state index contributed by atoms with van der Waals surface area (Å²) in [4.78, 5) is 15.9. The van der Waals surface area contributed by atoms with Gasteiger partial charge in [-0.05, 0) is 25.3 Å². The first-order valence-corrected chi connectivity index (χ1v) is 6.27. The van der Waals surface area contributed by atoms with Crippen molar-refractivity contribution in [3.05, 3.63) is 18.2 Å². The molecule has 0 aromatic carbocycles. The van der Waals surface area contributed by atoms with Gasteiger partial charge in [0.1, 0.15) is 12.4 Å². The van der Waals surface area contributed by atoms with Gasteiger partial charge in [0.15, 0.2) is 0 Å². The number of nitrogens with one attached hydrogen (secondary N) is 2. The van der Waals surface area contributed by atoms with E-state index in [9.17, 15) is 4.79 Å². The Morgan fingerprint density at radius 2 is 2.41 bits per heavy atom. The maximum Gasteiger partial charge on any atom is 0.239 e. The average Bonchev–Trinajstić information content (AvgIpc) is 3.05. The van der Waals surface area contributed by atoms with Crippen molar-refractivity contribution in [2.45, 2.75) is 32.9 Å². The van der Waals surface area contributed by atoms with Gasteiger partial charge < -0.3 is 15.2 Å². The molecule has 1 amide bonds. The first-order valence-electron chi connectivity index (χ1n) is 6.27. The van der Waals surface area contributed by atoms with Crippen LogP contribution in [0.5, 0.6) is 0 Å². The van der Waals surface area contributed by atoms with Gasteiger partial charge in [0.2, 0.25) is 5.91 Å². The highest BCUT2D eigenvalue weighted by Gasteiger charge is 2.21. The van der Waals surface area contributed by atoms with E-state index in [-0.39, 0.29) is 5.91 Å². The van der Waals surface area contributed by atoms with Crippen LogP contribution in [0.25, 0.3) is 0 Å². The molecule has 1 aliphatic carbocycles. The van der Waals surface area contributed by atoms with Crippen molar-refractivity contribution in [3.63, 3.8) is 0 Å². The lowest BCUT2D eigenvalue weighted by molar-refractivity contribution is -0.121. The molecule has 0 radical (unpaired) electrons. The first-order chi connectivity index (χ1) is 8.29. The fourth-order valence-electron chi connectivity index (χ4n) is 1.68. The number of hydrogen-bond donors (Lipinski definition) is 2. The van der Waals surface area contributed by atoms with Crippen LogP contribution in [0.4, 0.5) is 0 Å². The highest BCUT2D eigenvalue weighted by Crippen LogP contribution is 2.27. The standard InChI is InChI=1S/C12H20N4O/c1-2-13-8-11-14-5-6-16(11)9-12(17)15-7-10-3-4-10/h5-6,10,13H,2-4,7-9H2,1H3,(H,15,17). The third-order valence-electron chi connectivity index (χ3n) is 2.93. The zero-order chi connectivity index (χ0) is 12.1. The van der Waals surface area contributed by atoms with Crippen LogP contribution in [-0.4, -0.2) is 28.5 Å². The molecule has 17 heavy (non-hydrogen) atoms. The summed E-state index contributed by atoms with van der Waals surface area (Å²) in [6, 6.07) is 0. The van der Waals surface area contributed by atoms with Gasteiger partial charge in [0, 0.05) is 18.9 Å². The van der Waals surface area contributed by atoms with Crippen LogP contribution in [0.2, 0.25) is 0 Å². The van der Waals surface area contributed by atoms with Crippen molar-refractivity contribution in [1.82, 2.24) is 20.2 Å². The Balaban J connectivity index is 1.79. The molecule has 0 atom stereocenters. The van der Waals surface area contributed by atoms with Gasteiger partial charge in [0.05, 0.1) is 6.54 Å². The fraction of sp³-hybridized carbons (Fsp3) is 0.667. The summed E-state index contributed by atoms with van der Waals surface area (Å²) in [7, 11) is 0. The summed E-state index contributed by atoms with van der Waals surface area (Å²) in [5, 5.41) is 6.17. The lowest BCUT2D eigenvalue weighted by Crippen LogP contribution is -2.30. The molecule has 1 fully saturated rings. The summed E-state index contributed by atoms with van der Waals surface area (Å²) >= 11 is 0. The van der Waals surface area contributed by atoms with E-state index in [2.05, 4.69) is 22.5 Å². The van der Waals surface area contributed by atoms with Crippen molar-refractivity contribution in [2.24, 2.45) is 5.92 Å². The summed E-state index contributed by atoms with van der Waals surface area (Å²) in [5.41, 5.74) is 0. The van der Waals surface area contributed by atoms with Gasteiger partial charge >= 0.3 is 0 Å². The number of carbonyl (C=O) groups is 1. The molecule has 0 spiro atoms. The van der Waals surface area contributed by atoms with Crippen molar-refractivity contribution in [1.29, 1.82) is 0 Å². The molecule has 1 aliphatic rings. The van der Waals surface area contributed by atoms with Crippen LogP contribution in [-0.2, 0) is 17.9 Å². The number of rotatable bonds is 7. The third-order valence-corrected chi connectivity index (χ3v) is 2.93. The molecule has 2 rings (SSSR count). The summed E-state index contributed by atoms with van der Waals surface area (Å²) in [6.07, 6.45) is 6.11. The highest BCUT2D eigenvalue weighted by molar-refractivity contribution is 5.75. The molecular formula is C12H20N4O. The minimum atomic E-state index is 0.0765. The maximum atomic E-state index is 11.7. The number of hydrogen-bond acceptors (Lipinski definition) is 3. The van der Waals surface area contributed by atoms with Crippen LogP contribution >= 0.6 is 0 Å². The molecule has 1 aromatic rings. The Bertz CT molecular complexity index is 370. The summed E-state index contributed by atoms with van der Waals surface area (Å²) in [5.74, 6) is 1.71. The van der Waals surface area contributed by atoms with Gasteiger partial charge in [-0.25, -0.2) is 4.98 Å². The lowest BCUT2D eigenvalue weighted by atomic mass is 10.4. The number of carbonyl (C=O) groups excluding carboxylic acids is 1. The predicted molar refractivity (Wildman–Crippen MR) is 65.3 cm³/mol. The Kier molecular flexibility index (Phi) is 4.14. The normalized spacial score (nSPS) is 14.9. The van der Waals surface area contributed by atoms with Crippen molar-refractivity contribution < 1.29 is 4.79 Å². The average molecular weight is 236 g/mol. The largest absolute Gasteiger partial charge is 0.354 e. The van der Waals surface area contributed by atoms with Crippen LogP contribution in [0.3, 0.4) is 0 Å². The molecule has 1 aromatic heterocycles. The van der Waals surface area contributed by atoms with Crippen LogP contribution in [0, 0.1) is 5.92 Å². The lowest BCUT2D eigenvalue weighted by Gasteiger charge is -2.08. The first kappa shape index (κ1) is 12.1. The van der Waals surface area contributed by atoms with Crippen LogP contribution in [0.1, 0.15) is 25.6 Å². The van der Waals surface area contributed by atoms with E-state index in [0.29, 0.717) is 13.1 Å². The second-order valence-corrected chi connectivity index (χ2v) is 4.50. The highest BCUT2D eigenvalue weighted by atomic mass is 16.1. The summed E-state index contributed by atoms with van der Waals surface area (Å²) in [6.45, 7) is 4.86. The van der Waals surface area contributed by atoms with Gasteiger partial charge in [-0.15, -0.1) is 0 Å². The van der Waals surface area contributed by atoms with Crippen LogP contribution in [0.15, 0.2) is 12.4 Å². The monoisotopic (exact) mass is 236 g/mol. The SMILES string of the molecule is CCNCc1nccn1CC(=O)NCC1CC1. The van der Waals surface area contributed by atoms with Gasteiger partial charge in [-0.2, -0.15) is 0 Å². The Morgan fingerprint density at radius 3 is 3.12 bits per heavy atom. The minimum Gasteiger partial charge on any atom is -0.354 e. The zero-order valence-electron chi connectivity index (χ0n) is 10.3. The summed E-state index contributed by atoms with van der Waals surface area (Å²) < 4.78 is 1.89. The number of aromatic nitrogens is 2. The number of imidazole rings is 1. The molecule has 2 N–H and O–H groups in total. The molecular weight excluding hydrogens is 216 g/mol. The maximum absolute atomic E-state index is 11.7. The van der Waals surface area contributed by atoms with Crippen LogP contribution < -0.4 is 10.6 Å². The number of amides is 1. The third kappa shape index (κ3) is 3.85. The van der Waals surface area contributed by atoms with E-state index in [0.717, 1.165) is 24.8 Å². The zero-order valence-corrected chi connectivity index (χ0v) is 10.3. The number of nitrogens with zero attached hydrogens (tertiary/aromatic N) is 2. The molecule has 0 saturated heterocycles. The van der Waals surface area contributed by atoms with Gasteiger partial charge in [-0.1, -0.05) is 6.92 Å². The second kappa shape index (κ2) is 5.82. The van der Waals surface area contributed by atoms with E-state index in [1.54, 1.807) is 6.20 Å². The van der Waals surface area contributed by atoms with Crippen molar-refractivity contribution >= 4 is 5.91 Å². The smallest absolute Gasteiger partial charge is 0.239 e. The topological polar surface area (TPSA) is 59.0 Å². The van der Waals surface area contributed by atoms with Crippen molar-refractivity contribution in [2.75, 3.05) is 13.1 Å². The Labute approximate surface area is 102 Å². The van der Waals surface area contributed by atoms with E-state index < -0.39 is 0 Å². The van der Waals surface area contributed by atoms with E-state index in [1.165, 1.54) is 12.8 Å². The second-order valence-electron chi connectivity index (χ2n) is 4.50. The molecule has 5 nitrogen and oxygen atoms in total. The molecule has 1 heterocycles. The van der Waals surface area contributed by atoms with E-state index >= 15 is 0 Å². The molecule has 5 heteroatoms. The fourth-order valence-corrected chi connectivity index (χ4v) is 1.68. The Morgan fingerprint density at radius 1 is 1.59 bits per heavy atom. The van der Waals surface area contributed by atoms with Gasteiger partial charge in [0.25, 0.3) is 0 Å². The molecule has 94 valence electrons. The van der Waals surface area contributed by atoms with Crippen molar-refractivity contribution in [3.8, 4) is 0 Å².